The van der Waals surface area contributed by atoms with Gasteiger partial charge in [-0.3, -0.25) is 0 Å². The predicted molar refractivity (Wildman–Crippen MR) is 44.9 cm³/mol. The number of rotatable bonds is 2. The summed E-state index contributed by atoms with van der Waals surface area (Å²) < 4.78 is 37.9. The molecule has 0 aliphatic heterocycles. The van der Waals surface area contributed by atoms with Crippen LogP contribution < -0.4 is 5.73 Å². The molecule has 0 amide bonds. The molecule has 0 spiro atoms. The van der Waals surface area contributed by atoms with Crippen molar-refractivity contribution in [1.29, 1.82) is 0 Å². The standard InChI is InChI=1S/C9H10F3NO/c1-4(14)9(13)5-2-6(10)8(12)7(11)3-5/h2-4,9,14H,13H2,1H3/t4-,9+/m0/s1. The molecule has 0 unspecified atom stereocenters. The van der Waals surface area contributed by atoms with Crippen LogP contribution in [0.25, 0.3) is 0 Å². The number of nitrogens with two attached hydrogens (primary N) is 1. The van der Waals surface area contributed by atoms with E-state index in [1.165, 1.54) is 6.92 Å². The normalized spacial score (nSPS) is 15.3. The van der Waals surface area contributed by atoms with Crippen molar-refractivity contribution in [2.75, 3.05) is 0 Å². The van der Waals surface area contributed by atoms with Crippen molar-refractivity contribution < 1.29 is 18.3 Å². The summed E-state index contributed by atoms with van der Waals surface area (Å²) in [5, 5.41) is 9.06. The van der Waals surface area contributed by atoms with Crippen LogP contribution in [0.4, 0.5) is 13.2 Å². The largest absolute Gasteiger partial charge is 0.391 e. The number of aliphatic hydroxyl groups is 1. The summed E-state index contributed by atoms with van der Waals surface area (Å²) in [6.45, 7) is 1.38. The second kappa shape index (κ2) is 3.98. The van der Waals surface area contributed by atoms with E-state index in [4.69, 9.17) is 10.8 Å². The zero-order valence-electron chi connectivity index (χ0n) is 7.47. The Morgan fingerprint density at radius 2 is 1.64 bits per heavy atom. The van der Waals surface area contributed by atoms with Gasteiger partial charge in [-0.05, 0) is 24.6 Å². The lowest BCUT2D eigenvalue weighted by atomic mass is 10.0. The molecular formula is C9H10F3NO. The smallest absolute Gasteiger partial charge is 0.194 e. The van der Waals surface area contributed by atoms with Crippen LogP contribution in [-0.4, -0.2) is 11.2 Å². The maximum absolute atomic E-state index is 12.7. The highest BCUT2D eigenvalue weighted by Crippen LogP contribution is 2.19. The van der Waals surface area contributed by atoms with E-state index >= 15 is 0 Å². The third-order valence-electron chi connectivity index (χ3n) is 1.91. The van der Waals surface area contributed by atoms with Crippen LogP contribution in [0, 0.1) is 17.5 Å². The van der Waals surface area contributed by atoms with Gasteiger partial charge in [-0.15, -0.1) is 0 Å². The van der Waals surface area contributed by atoms with Gasteiger partial charge in [0.2, 0.25) is 0 Å². The molecule has 0 aliphatic carbocycles. The Balaban J connectivity index is 3.12. The molecule has 14 heavy (non-hydrogen) atoms. The van der Waals surface area contributed by atoms with Crippen LogP contribution in [-0.2, 0) is 0 Å². The summed E-state index contributed by atoms with van der Waals surface area (Å²) in [6, 6.07) is 0.616. The zero-order chi connectivity index (χ0) is 10.9. The van der Waals surface area contributed by atoms with Crippen molar-refractivity contribution in [3.63, 3.8) is 0 Å². The van der Waals surface area contributed by atoms with E-state index < -0.39 is 29.6 Å². The number of halogens is 3. The maximum Gasteiger partial charge on any atom is 0.194 e. The van der Waals surface area contributed by atoms with Crippen LogP contribution >= 0.6 is 0 Å². The molecule has 0 aliphatic rings. The van der Waals surface area contributed by atoms with Gasteiger partial charge in [-0.1, -0.05) is 0 Å². The molecule has 5 heteroatoms. The van der Waals surface area contributed by atoms with Crippen LogP contribution in [0.5, 0.6) is 0 Å². The zero-order valence-corrected chi connectivity index (χ0v) is 7.47. The molecule has 0 bridgehead atoms. The Labute approximate surface area is 79.2 Å². The molecule has 78 valence electrons. The minimum atomic E-state index is -1.54. The molecule has 0 heterocycles. The lowest BCUT2D eigenvalue weighted by Gasteiger charge is -2.15. The van der Waals surface area contributed by atoms with Gasteiger partial charge in [-0.25, -0.2) is 13.2 Å². The molecular weight excluding hydrogens is 195 g/mol. The average Bonchev–Trinajstić information content (AvgIpc) is 2.12. The van der Waals surface area contributed by atoms with E-state index in [2.05, 4.69) is 0 Å². The molecule has 0 saturated heterocycles. The Morgan fingerprint density at radius 3 is 2.00 bits per heavy atom. The first-order valence-corrected chi connectivity index (χ1v) is 4.01. The average molecular weight is 205 g/mol. The first-order valence-electron chi connectivity index (χ1n) is 4.01. The highest BCUT2D eigenvalue weighted by atomic mass is 19.2. The van der Waals surface area contributed by atoms with Gasteiger partial charge in [0.05, 0.1) is 12.1 Å². The number of hydrogen-bond acceptors (Lipinski definition) is 2. The SMILES string of the molecule is C[C@H](O)[C@@H](N)c1cc(F)c(F)c(F)c1. The van der Waals surface area contributed by atoms with Crippen molar-refractivity contribution in [1.82, 2.24) is 0 Å². The van der Waals surface area contributed by atoms with E-state index in [0.717, 1.165) is 12.1 Å². The summed E-state index contributed by atoms with van der Waals surface area (Å²) >= 11 is 0. The first kappa shape index (κ1) is 11.0. The van der Waals surface area contributed by atoms with Gasteiger partial charge in [0.15, 0.2) is 17.5 Å². The fourth-order valence-corrected chi connectivity index (χ4v) is 1.05. The lowest BCUT2D eigenvalue weighted by molar-refractivity contribution is 0.164. The molecule has 1 aromatic carbocycles. The molecule has 3 N–H and O–H groups in total. The van der Waals surface area contributed by atoms with Crippen LogP contribution in [0.15, 0.2) is 12.1 Å². The fourth-order valence-electron chi connectivity index (χ4n) is 1.05. The molecule has 1 aromatic rings. The predicted octanol–water partition coefficient (Wildman–Crippen LogP) is 1.48. The Kier molecular flexibility index (Phi) is 3.13. The van der Waals surface area contributed by atoms with E-state index in [9.17, 15) is 13.2 Å². The summed E-state index contributed by atoms with van der Waals surface area (Å²) in [4.78, 5) is 0. The topological polar surface area (TPSA) is 46.2 Å². The van der Waals surface area contributed by atoms with Gasteiger partial charge in [0, 0.05) is 0 Å². The minimum absolute atomic E-state index is 0.0244. The molecule has 1 rings (SSSR count). The van der Waals surface area contributed by atoms with Crippen molar-refractivity contribution >= 4 is 0 Å². The van der Waals surface area contributed by atoms with Crippen LogP contribution in [0.3, 0.4) is 0 Å². The third kappa shape index (κ3) is 2.05. The van der Waals surface area contributed by atoms with Crippen LogP contribution in [0.2, 0.25) is 0 Å². The molecule has 2 atom stereocenters. The second-order valence-electron chi connectivity index (χ2n) is 3.06. The number of aliphatic hydroxyl groups excluding tert-OH is 1. The van der Waals surface area contributed by atoms with Crippen molar-refractivity contribution in [3.05, 3.63) is 35.1 Å². The van der Waals surface area contributed by atoms with Crippen molar-refractivity contribution in [2.24, 2.45) is 5.73 Å². The van der Waals surface area contributed by atoms with Crippen molar-refractivity contribution in [3.8, 4) is 0 Å². The van der Waals surface area contributed by atoms with E-state index in [-0.39, 0.29) is 5.56 Å². The second-order valence-corrected chi connectivity index (χ2v) is 3.06. The van der Waals surface area contributed by atoms with Gasteiger partial charge < -0.3 is 10.8 Å². The van der Waals surface area contributed by atoms with Gasteiger partial charge >= 0.3 is 0 Å². The van der Waals surface area contributed by atoms with Gasteiger partial charge in [0.1, 0.15) is 0 Å². The monoisotopic (exact) mass is 205 g/mol. The maximum atomic E-state index is 12.7. The van der Waals surface area contributed by atoms with Crippen molar-refractivity contribution in [2.45, 2.75) is 19.1 Å². The Hall–Kier alpha value is -1.07. The van der Waals surface area contributed by atoms with E-state index in [1.54, 1.807) is 0 Å². The van der Waals surface area contributed by atoms with Gasteiger partial charge in [0.25, 0.3) is 0 Å². The Morgan fingerprint density at radius 1 is 1.21 bits per heavy atom. The lowest BCUT2D eigenvalue weighted by Crippen LogP contribution is -2.23. The van der Waals surface area contributed by atoms with Crippen LogP contribution in [0.1, 0.15) is 18.5 Å². The molecule has 0 saturated carbocycles. The fraction of sp³-hybridized carbons (Fsp3) is 0.333. The van der Waals surface area contributed by atoms with E-state index in [0.29, 0.717) is 0 Å². The summed E-state index contributed by atoms with van der Waals surface area (Å²) in [5.74, 6) is -4.15. The van der Waals surface area contributed by atoms with Gasteiger partial charge in [-0.2, -0.15) is 0 Å². The molecule has 2 nitrogen and oxygen atoms in total. The quantitative estimate of drug-likeness (QED) is 0.718. The number of benzene rings is 1. The highest BCUT2D eigenvalue weighted by molar-refractivity contribution is 5.23. The molecule has 0 radical (unpaired) electrons. The Bertz CT molecular complexity index is 318. The number of hydrogen-bond donors (Lipinski definition) is 2. The molecule has 0 fully saturated rings. The first-order chi connectivity index (χ1) is 6.43. The third-order valence-corrected chi connectivity index (χ3v) is 1.91. The highest BCUT2D eigenvalue weighted by Gasteiger charge is 2.17. The minimum Gasteiger partial charge on any atom is -0.391 e. The summed E-state index contributed by atoms with van der Waals surface area (Å²) in [7, 11) is 0. The summed E-state index contributed by atoms with van der Waals surface area (Å²) in [6.07, 6.45) is -0.959. The van der Waals surface area contributed by atoms with E-state index in [1.807, 2.05) is 0 Å². The summed E-state index contributed by atoms with van der Waals surface area (Å²) in [5.41, 5.74) is 5.44. The molecule has 0 aromatic heterocycles.